The van der Waals surface area contributed by atoms with Crippen LogP contribution >= 0.6 is 11.6 Å². The highest BCUT2D eigenvalue weighted by Crippen LogP contribution is 2.31. The largest absolute Gasteiger partial charge is 0.494 e. The molecule has 0 bridgehead atoms. The second-order valence-corrected chi connectivity index (χ2v) is 9.10. The van der Waals surface area contributed by atoms with Crippen molar-refractivity contribution >= 4 is 28.4 Å². The third kappa shape index (κ3) is 5.72. The number of amides is 1. The minimum absolute atomic E-state index is 0.187. The summed E-state index contributed by atoms with van der Waals surface area (Å²) >= 11 is 6.50. The number of nitrogens with one attached hydrogen (secondary N) is 1. The summed E-state index contributed by atoms with van der Waals surface area (Å²) in [6.45, 7) is 4.85. The van der Waals surface area contributed by atoms with Gasteiger partial charge in [-0.15, -0.1) is 0 Å². The normalized spacial score (nSPS) is 14.0. The Labute approximate surface area is 220 Å². The highest BCUT2D eigenvalue weighted by atomic mass is 35.5. The Morgan fingerprint density at radius 3 is 2.54 bits per heavy atom. The Bertz CT molecular complexity index is 1370. The van der Waals surface area contributed by atoms with Crippen LogP contribution in [0.25, 0.3) is 10.9 Å². The van der Waals surface area contributed by atoms with Crippen molar-refractivity contribution in [2.75, 3.05) is 40.0 Å². The molecule has 1 aliphatic rings. The van der Waals surface area contributed by atoms with E-state index in [9.17, 15) is 4.79 Å². The van der Waals surface area contributed by atoms with E-state index in [0.717, 1.165) is 43.8 Å². The summed E-state index contributed by atoms with van der Waals surface area (Å²) in [5, 5.41) is 8.94. The van der Waals surface area contributed by atoms with Crippen LogP contribution in [0.5, 0.6) is 17.2 Å². The maximum Gasteiger partial charge on any atom is 0.272 e. The quantitative estimate of drug-likeness (QED) is 0.343. The molecule has 0 radical (unpaired) electrons. The number of morpholine rings is 1. The molecule has 1 amide bonds. The van der Waals surface area contributed by atoms with Gasteiger partial charge < -0.3 is 19.5 Å². The average molecular weight is 521 g/mol. The molecule has 5 rings (SSSR count). The standard InChI is InChI=1S/C28H29ClN4O4/c1-35-25-12-5-9-21-26(31-33(27(21)25)14-13-32-15-17-36-18-16-32)28(34)30-19-22-23(29)10-6-11-24(22)37-20-7-3-2-4-8-20/h2-12H,13-19H2,1H3,(H,30,34). The van der Waals surface area contributed by atoms with Gasteiger partial charge in [0.05, 0.1) is 26.9 Å². The Hall–Kier alpha value is -3.59. The first-order valence-corrected chi connectivity index (χ1v) is 12.6. The summed E-state index contributed by atoms with van der Waals surface area (Å²) in [4.78, 5) is 15.7. The molecule has 1 fully saturated rings. The third-order valence-electron chi connectivity index (χ3n) is 6.37. The number of hydrogen-bond donors (Lipinski definition) is 1. The SMILES string of the molecule is COc1cccc2c(C(=O)NCc3c(Cl)cccc3Oc3ccccc3)nn(CCN3CCOCC3)c12. The van der Waals surface area contributed by atoms with Gasteiger partial charge in [0.15, 0.2) is 5.69 Å². The fourth-order valence-electron chi connectivity index (χ4n) is 4.43. The fraction of sp³-hybridized carbons (Fsp3) is 0.286. The Morgan fingerprint density at radius 2 is 1.76 bits per heavy atom. The number of carbonyl (C=O) groups excluding carboxylic acids is 1. The van der Waals surface area contributed by atoms with Crippen LogP contribution in [0.3, 0.4) is 0 Å². The molecule has 0 unspecified atom stereocenters. The minimum atomic E-state index is -0.297. The van der Waals surface area contributed by atoms with E-state index in [1.807, 2.05) is 65.3 Å². The number of nitrogens with zero attached hydrogens (tertiary/aromatic N) is 3. The van der Waals surface area contributed by atoms with E-state index in [0.29, 0.717) is 40.1 Å². The van der Waals surface area contributed by atoms with Crippen LogP contribution in [-0.4, -0.2) is 60.5 Å². The molecular weight excluding hydrogens is 492 g/mol. The topological polar surface area (TPSA) is 77.8 Å². The van der Waals surface area contributed by atoms with Crippen LogP contribution in [-0.2, 0) is 17.8 Å². The number of methoxy groups -OCH3 is 1. The molecule has 2 heterocycles. The minimum Gasteiger partial charge on any atom is -0.494 e. The highest BCUT2D eigenvalue weighted by Gasteiger charge is 2.21. The molecule has 4 aromatic rings. The number of carbonyl (C=O) groups is 1. The molecule has 0 atom stereocenters. The number of halogens is 1. The predicted octanol–water partition coefficient (Wildman–Crippen LogP) is 4.75. The average Bonchev–Trinajstić information content (AvgIpc) is 3.32. The number of para-hydroxylation sites is 2. The lowest BCUT2D eigenvalue weighted by molar-refractivity contribution is 0.0361. The first-order valence-electron chi connectivity index (χ1n) is 12.3. The smallest absolute Gasteiger partial charge is 0.272 e. The zero-order chi connectivity index (χ0) is 25.6. The van der Waals surface area contributed by atoms with Crippen molar-refractivity contribution in [3.8, 4) is 17.2 Å². The van der Waals surface area contributed by atoms with Crippen molar-refractivity contribution in [1.82, 2.24) is 20.0 Å². The van der Waals surface area contributed by atoms with Gasteiger partial charge in [-0.2, -0.15) is 5.10 Å². The van der Waals surface area contributed by atoms with Crippen molar-refractivity contribution in [1.29, 1.82) is 0 Å². The molecule has 8 nitrogen and oxygen atoms in total. The van der Waals surface area contributed by atoms with Crippen LogP contribution in [0.15, 0.2) is 66.7 Å². The first-order chi connectivity index (χ1) is 18.1. The van der Waals surface area contributed by atoms with E-state index in [4.69, 9.17) is 30.9 Å². The van der Waals surface area contributed by atoms with E-state index in [2.05, 4.69) is 10.2 Å². The van der Waals surface area contributed by atoms with Gasteiger partial charge in [-0.25, -0.2) is 0 Å². The summed E-state index contributed by atoms with van der Waals surface area (Å²) < 4.78 is 19.0. The number of rotatable bonds is 9. The fourth-order valence-corrected chi connectivity index (χ4v) is 4.67. The van der Waals surface area contributed by atoms with Crippen LogP contribution < -0.4 is 14.8 Å². The van der Waals surface area contributed by atoms with Crippen molar-refractivity contribution in [3.05, 3.63) is 83.0 Å². The van der Waals surface area contributed by atoms with Gasteiger partial charge in [0, 0.05) is 42.2 Å². The number of benzene rings is 3. The Balaban J connectivity index is 1.37. The first kappa shape index (κ1) is 25.1. The van der Waals surface area contributed by atoms with E-state index < -0.39 is 0 Å². The molecule has 9 heteroatoms. The van der Waals surface area contributed by atoms with Crippen LogP contribution in [0, 0.1) is 0 Å². The maximum absolute atomic E-state index is 13.4. The number of fused-ring (bicyclic) bond motifs is 1. The molecule has 0 aliphatic carbocycles. The van der Waals surface area contributed by atoms with Crippen molar-refractivity contribution in [3.63, 3.8) is 0 Å². The number of hydrogen-bond acceptors (Lipinski definition) is 6. The predicted molar refractivity (Wildman–Crippen MR) is 143 cm³/mol. The van der Waals surface area contributed by atoms with E-state index >= 15 is 0 Å². The third-order valence-corrected chi connectivity index (χ3v) is 6.73. The van der Waals surface area contributed by atoms with Gasteiger partial charge in [0.1, 0.15) is 22.8 Å². The van der Waals surface area contributed by atoms with Gasteiger partial charge in [0.25, 0.3) is 5.91 Å². The van der Waals surface area contributed by atoms with Gasteiger partial charge in [-0.05, 0) is 30.3 Å². The summed E-state index contributed by atoms with van der Waals surface area (Å²) in [5.41, 5.74) is 1.83. The molecule has 1 saturated heterocycles. The lowest BCUT2D eigenvalue weighted by Gasteiger charge is -2.26. The van der Waals surface area contributed by atoms with E-state index in [1.54, 1.807) is 13.2 Å². The molecule has 0 spiro atoms. The summed E-state index contributed by atoms with van der Waals surface area (Å²) in [6, 6.07) is 20.5. The van der Waals surface area contributed by atoms with Crippen LogP contribution in [0.2, 0.25) is 5.02 Å². The van der Waals surface area contributed by atoms with Crippen molar-refractivity contribution in [2.24, 2.45) is 0 Å². The number of ether oxygens (including phenoxy) is 3. The number of aromatic nitrogens is 2. The molecule has 37 heavy (non-hydrogen) atoms. The molecule has 3 aromatic carbocycles. The molecule has 0 saturated carbocycles. The zero-order valence-electron chi connectivity index (χ0n) is 20.7. The van der Waals surface area contributed by atoms with Crippen molar-refractivity contribution < 1.29 is 19.0 Å². The van der Waals surface area contributed by atoms with Gasteiger partial charge >= 0.3 is 0 Å². The van der Waals surface area contributed by atoms with Crippen molar-refractivity contribution in [2.45, 2.75) is 13.1 Å². The molecular formula is C28H29ClN4O4. The van der Waals surface area contributed by atoms with Crippen LogP contribution in [0.4, 0.5) is 0 Å². The zero-order valence-corrected chi connectivity index (χ0v) is 21.4. The van der Waals surface area contributed by atoms with Gasteiger partial charge in [-0.1, -0.05) is 48.0 Å². The second-order valence-electron chi connectivity index (χ2n) is 8.70. The molecule has 1 aliphatic heterocycles. The Morgan fingerprint density at radius 1 is 1.00 bits per heavy atom. The Kier molecular flexibility index (Phi) is 7.89. The molecule has 1 N–H and O–H groups in total. The molecule has 192 valence electrons. The molecule has 1 aromatic heterocycles. The summed E-state index contributed by atoms with van der Waals surface area (Å²) in [5.74, 6) is 1.65. The lowest BCUT2D eigenvalue weighted by atomic mass is 10.1. The monoisotopic (exact) mass is 520 g/mol. The highest BCUT2D eigenvalue weighted by molar-refractivity contribution is 6.31. The lowest BCUT2D eigenvalue weighted by Crippen LogP contribution is -2.38. The van der Waals surface area contributed by atoms with E-state index in [1.165, 1.54) is 0 Å². The van der Waals surface area contributed by atoms with Crippen LogP contribution in [0.1, 0.15) is 16.1 Å². The van der Waals surface area contributed by atoms with Gasteiger partial charge in [0.2, 0.25) is 0 Å². The second kappa shape index (κ2) is 11.6. The maximum atomic E-state index is 13.4. The summed E-state index contributed by atoms with van der Waals surface area (Å²) in [7, 11) is 1.62. The van der Waals surface area contributed by atoms with Gasteiger partial charge in [-0.3, -0.25) is 14.4 Å². The summed E-state index contributed by atoms with van der Waals surface area (Å²) in [6.07, 6.45) is 0. The van der Waals surface area contributed by atoms with E-state index in [-0.39, 0.29) is 12.5 Å².